The first-order valence-corrected chi connectivity index (χ1v) is 10.5. The summed E-state index contributed by atoms with van der Waals surface area (Å²) in [6.07, 6.45) is 0. The van der Waals surface area contributed by atoms with Crippen molar-refractivity contribution in [3.8, 4) is 0 Å². The van der Waals surface area contributed by atoms with Crippen LogP contribution in [0.3, 0.4) is 0 Å². The Morgan fingerprint density at radius 1 is 0.633 bits per heavy atom. The molecule has 0 radical (unpaired) electrons. The van der Waals surface area contributed by atoms with Gasteiger partial charge >= 0.3 is 0 Å². The number of aliphatic imine (C=N–C) groups is 2. The highest BCUT2D eigenvalue weighted by Gasteiger charge is 2.11. The molecular weight excluding hydrogens is 413 g/mol. The molecule has 154 valence electrons. The number of nitrogens with zero attached hydrogens (tertiary/aromatic N) is 3. The van der Waals surface area contributed by atoms with Crippen molar-refractivity contribution in [2.45, 2.75) is 41.5 Å². The van der Waals surface area contributed by atoms with Crippen LogP contribution in [-0.4, -0.2) is 15.3 Å². The molecule has 0 fully saturated rings. The summed E-state index contributed by atoms with van der Waals surface area (Å²) in [7, 11) is 0. The summed E-state index contributed by atoms with van der Waals surface area (Å²) in [6.45, 7) is 12.3. The predicted octanol–water partition coefficient (Wildman–Crippen LogP) is 7.57. The average Bonchev–Trinajstić information content (AvgIpc) is 2.67. The van der Waals surface area contributed by atoms with E-state index in [1.807, 2.05) is 45.9 Å². The van der Waals surface area contributed by atoms with Gasteiger partial charge in [-0.2, -0.15) is 0 Å². The summed E-state index contributed by atoms with van der Waals surface area (Å²) in [5.74, 6) is 0. The minimum atomic E-state index is 0.319. The molecule has 1 aromatic heterocycles. The molecule has 0 atom stereocenters. The van der Waals surface area contributed by atoms with Gasteiger partial charge in [0.2, 0.25) is 0 Å². The lowest BCUT2D eigenvalue weighted by Crippen LogP contribution is -2.03. The van der Waals surface area contributed by atoms with Gasteiger partial charge in [0.05, 0.1) is 11.4 Å². The van der Waals surface area contributed by atoms with E-state index in [-0.39, 0.29) is 0 Å². The number of benzene rings is 2. The highest BCUT2D eigenvalue weighted by molar-refractivity contribution is 6.70. The molecule has 3 aromatic rings. The first-order chi connectivity index (χ1) is 14.2. The standard InChI is InChI=1S/C25H25Cl2N3/c1-14-10-16(3)22(17(4)11-14)29-24(26)20-8-7-9-21(28-20)25(27)30-23-18(5)12-15(2)13-19(23)6/h7-13H,1-6H3. The number of rotatable bonds is 4. The second kappa shape index (κ2) is 9.11. The first kappa shape index (κ1) is 22.2. The highest BCUT2D eigenvalue weighted by Crippen LogP contribution is 2.28. The fourth-order valence-corrected chi connectivity index (χ4v) is 4.05. The third-order valence-electron chi connectivity index (χ3n) is 4.86. The Bertz CT molecular complexity index is 1040. The van der Waals surface area contributed by atoms with Crippen molar-refractivity contribution in [3.63, 3.8) is 0 Å². The third kappa shape index (κ3) is 4.97. The molecule has 30 heavy (non-hydrogen) atoms. The van der Waals surface area contributed by atoms with E-state index in [4.69, 9.17) is 23.2 Å². The maximum Gasteiger partial charge on any atom is 0.155 e. The van der Waals surface area contributed by atoms with Crippen LogP contribution in [0.2, 0.25) is 0 Å². The lowest BCUT2D eigenvalue weighted by Gasteiger charge is -2.09. The van der Waals surface area contributed by atoms with E-state index in [0.717, 1.165) is 33.6 Å². The van der Waals surface area contributed by atoms with E-state index in [9.17, 15) is 0 Å². The van der Waals surface area contributed by atoms with Crippen molar-refractivity contribution in [2.24, 2.45) is 9.98 Å². The van der Waals surface area contributed by atoms with E-state index in [1.54, 1.807) is 0 Å². The molecule has 5 heteroatoms. The molecule has 0 aliphatic heterocycles. The normalized spacial score (nSPS) is 12.4. The van der Waals surface area contributed by atoms with Gasteiger partial charge in [-0.25, -0.2) is 15.0 Å². The Labute approximate surface area is 188 Å². The van der Waals surface area contributed by atoms with Crippen LogP contribution < -0.4 is 0 Å². The highest BCUT2D eigenvalue weighted by atomic mass is 35.5. The lowest BCUT2D eigenvalue weighted by atomic mass is 10.1. The molecule has 3 nitrogen and oxygen atoms in total. The summed E-state index contributed by atoms with van der Waals surface area (Å²) in [6, 6.07) is 13.9. The molecule has 0 aliphatic carbocycles. The summed E-state index contributed by atoms with van der Waals surface area (Å²) in [5, 5.41) is 0.637. The number of pyridine rings is 1. The van der Waals surface area contributed by atoms with Crippen molar-refractivity contribution in [1.29, 1.82) is 0 Å². The number of hydrogen-bond donors (Lipinski definition) is 0. The van der Waals surface area contributed by atoms with Gasteiger partial charge in [-0.1, -0.05) is 64.7 Å². The third-order valence-corrected chi connectivity index (χ3v) is 5.42. The van der Waals surface area contributed by atoms with E-state index >= 15 is 0 Å². The Kier molecular flexibility index (Phi) is 6.74. The van der Waals surface area contributed by atoms with Crippen LogP contribution in [0.1, 0.15) is 44.8 Å². The Hall–Kier alpha value is -2.49. The van der Waals surface area contributed by atoms with Gasteiger partial charge in [0.1, 0.15) is 11.4 Å². The maximum atomic E-state index is 6.53. The SMILES string of the molecule is Cc1cc(C)c(N=C(Cl)c2cccc(C(Cl)=Nc3c(C)cc(C)cc3C)n2)c(C)c1. The van der Waals surface area contributed by atoms with Crippen molar-refractivity contribution in [1.82, 2.24) is 4.98 Å². The molecule has 0 saturated heterocycles. The van der Waals surface area contributed by atoms with E-state index in [1.165, 1.54) is 11.1 Å². The second-order valence-corrected chi connectivity index (χ2v) is 8.42. The van der Waals surface area contributed by atoms with Gasteiger partial charge < -0.3 is 0 Å². The van der Waals surface area contributed by atoms with Crippen LogP contribution in [-0.2, 0) is 0 Å². The summed E-state index contributed by atoms with van der Waals surface area (Å²) in [5.41, 5.74) is 9.54. The zero-order valence-electron chi connectivity index (χ0n) is 18.1. The molecule has 0 N–H and O–H groups in total. The summed E-state index contributed by atoms with van der Waals surface area (Å²) >= 11 is 13.1. The van der Waals surface area contributed by atoms with Crippen molar-refractivity contribution >= 4 is 44.9 Å². The fourth-order valence-electron chi connectivity index (χ4n) is 3.67. The summed E-state index contributed by atoms with van der Waals surface area (Å²) < 4.78 is 0. The smallest absolute Gasteiger partial charge is 0.155 e. The van der Waals surface area contributed by atoms with Crippen LogP contribution >= 0.6 is 23.2 Å². The van der Waals surface area contributed by atoms with Crippen LogP contribution in [0.4, 0.5) is 11.4 Å². The van der Waals surface area contributed by atoms with Crippen LogP contribution in [0.5, 0.6) is 0 Å². The maximum absolute atomic E-state index is 6.53. The van der Waals surface area contributed by atoms with Crippen LogP contribution in [0, 0.1) is 41.5 Å². The lowest BCUT2D eigenvalue weighted by molar-refractivity contribution is 1.24. The Balaban J connectivity index is 1.99. The topological polar surface area (TPSA) is 37.6 Å². The van der Waals surface area contributed by atoms with Crippen LogP contribution in [0.15, 0.2) is 52.4 Å². The van der Waals surface area contributed by atoms with Gasteiger partial charge in [-0.3, -0.25) is 0 Å². The predicted molar refractivity (Wildman–Crippen MR) is 130 cm³/mol. The fraction of sp³-hybridized carbons (Fsp3) is 0.240. The number of halogens is 2. The average molecular weight is 438 g/mol. The molecule has 1 heterocycles. The van der Waals surface area contributed by atoms with Gasteiger partial charge in [0.15, 0.2) is 10.3 Å². The number of hydrogen-bond acceptors (Lipinski definition) is 3. The number of aromatic nitrogens is 1. The molecule has 0 bridgehead atoms. The van der Waals surface area contributed by atoms with Gasteiger partial charge in [0, 0.05) is 0 Å². The molecule has 0 unspecified atom stereocenters. The first-order valence-electron chi connectivity index (χ1n) is 9.77. The van der Waals surface area contributed by atoms with E-state index in [0.29, 0.717) is 21.7 Å². The minimum Gasteiger partial charge on any atom is -0.243 e. The number of aryl methyl sites for hydroxylation is 6. The Morgan fingerprint density at radius 3 is 1.30 bits per heavy atom. The largest absolute Gasteiger partial charge is 0.243 e. The zero-order valence-corrected chi connectivity index (χ0v) is 19.7. The van der Waals surface area contributed by atoms with Crippen molar-refractivity contribution in [3.05, 3.63) is 87.2 Å². The molecule has 3 rings (SSSR count). The second-order valence-electron chi connectivity index (χ2n) is 7.71. The van der Waals surface area contributed by atoms with Gasteiger partial charge in [-0.15, -0.1) is 0 Å². The Morgan fingerprint density at radius 2 is 0.967 bits per heavy atom. The quantitative estimate of drug-likeness (QED) is 0.387. The zero-order chi connectivity index (χ0) is 22.0. The minimum absolute atomic E-state index is 0.319. The van der Waals surface area contributed by atoms with E-state index in [2.05, 4.69) is 53.1 Å². The molecule has 0 spiro atoms. The van der Waals surface area contributed by atoms with Gasteiger partial charge in [0.25, 0.3) is 0 Å². The van der Waals surface area contributed by atoms with E-state index < -0.39 is 0 Å². The monoisotopic (exact) mass is 437 g/mol. The summed E-state index contributed by atoms with van der Waals surface area (Å²) in [4.78, 5) is 13.9. The molecule has 0 saturated carbocycles. The van der Waals surface area contributed by atoms with Crippen molar-refractivity contribution in [2.75, 3.05) is 0 Å². The molecule has 2 aromatic carbocycles. The molecule has 0 aliphatic rings. The van der Waals surface area contributed by atoms with Crippen molar-refractivity contribution < 1.29 is 0 Å². The molecular formula is C25H25Cl2N3. The van der Waals surface area contributed by atoms with Gasteiger partial charge in [-0.05, 0) is 75.9 Å². The molecule has 0 amide bonds. The van der Waals surface area contributed by atoms with Crippen LogP contribution in [0.25, 0.3) is 0 Å².